The Morgan fingerprint density at radius 3 is 2.75 bits per heavy atom. The average Bonchev–Trinajstić information content (AvgIpc) is 2.76. The van der Waals surface area contributed by atoms with Crippen molar-refractivity contribution in [1.82, 2.24) is 4.57 Å². The summed E-state index contributed by atoms with van der Waals surface area (Å²) in [5.41, 5.74) is 3.76. The zero-order chi connectivity index (χ0) is 14.1. The minimum atomic E-state index is -0.884. The number of nitrogens with zero attached hydrogens (tertiary/aromatic N) is 1. The van der Waals surface area contributed by atoms with Crippen molar-refractivity contribution >= 4 is 16.9 Å². The van der Waals surface area contributed by atoms with Gasteiger partial charge in [-0.25, -0.2) is 4.79 Å². The Labute approximate surface area is 117 Å². The summed E-state index contributed by atoms with van der Waals surface area (Å²) in [7, 11) is 2.03. The Balaban J connectivity index is 2.01. The highest BCUT2D eigenvalue weighted by molar-refractivity contribution is 5.88. The molecule has 3 aromatic rings. The van der Waals surface area contributed by atoms with E-state index < -0.39 is 5.97 Å². The molecule has 3 rings (SSSR count). The minimum absolute atomic E-state index is 0.336. The molecule has 0 saturated carbocycles. The second-order valence-corrected chi connectivity index (χ2v) is 4.96. The molecule has 100 valence electrons. The predicted molar refractivity (Wildman–Crippen MR) is 79.1 cm³/mol. The number of carbonyl (C=O) groups is 1. The van der Waals surface area contributed by atoms with Gasteiger partial charge in [-0.05, 0) is 35.7 Å². The molecule has 0 spiro atoms. The van der Waals surface area contributed by atoms with Gasteiger partial charge in [-0.15, -0.1) is 0 Å². The van der Waals surface area contributed by atoms with Crippen molar-refractivity contribution in [3.05, 3.63) is 71.4 Å². The molecule has 3 heteroatoms. The first kappa shape index (κ1) is 12.5. The van der Waals surface area contributed by atoms with Crippen molar-refractivity contribution in [3.63, 3.8) is 0 Å². The zero-order valence-electron chi connectivity index (χ0n) is 11.2. The van der Waals surface area contributed by atoms with E-state index in [0.29, 0.717) is 5.56 Å². The summed E-state index contributed by atoms with van der Waals surface area (Å²) in [6.07, 6.45) is 2.85. The molecule has 0 aliphatic carbocycles. The van der Waals surface area contributed by atoms with Gasteiger partial charge in [-0.1, -0.05) is 30.3 Å². The number of fused-ring (bicyclic) bond motifs is 1. The SMILES string of the molecule is Cn1cc(Cc2cccc(C(=O)O)c2)c2ccccc21. The normalized spacial score (nSPS) is 10.8. The van der Waals surface area contributed by atoms with Crippen molar-refractivity contribution in [2.75, 3.05) is 0 Å². The van der Waals surface area contributed by atoms with Crippen LogP contribution in [0.15, 0.2) is 54.7 Å². The number of aromatic carboxylic acids is 1. The molecule has 0 fully saturated rings. The van der Waals surface area contributed by atoms with Crippen LogP contribution in [0.4, 0.5) is 0 Å². The smallest absolute Gasteiger partial charge is 0.335 e. The summed E-state index contributed by atoms with van der Waals surface area (Å²) in [6.45, 7) is 0. The molecule has 0 atom stereocenters. The van der Waals surface area contributed by atoms with E-state index in [2.05, 4.69) is 22.9 Å². The lowest BCUT2D eigenvalue weighted by Gasteiger charge is -2.02. The number of hydrogen-bond acceptors (Lipinski definition) is 1. The first-order valence-corrected chi connectivity index (χ1v) is 6.50. The van der Waals surface area contributed by atoms with Gasteiger partial charge in [-0.3, -0.25) is 0 Å². The van der Waals surface area contributed by atoms with Crippen molar-refractivity contribution in [3.8, 4) is 0 Å². The number of aromatic nitrogens is 1. The molecular weight excluding hydrogens is 250 g/mol. The highest BCUT2D eigenvalue weighted by Gasteiger charge is 2.08. The van der Waals surface area contributed by atoms with E-state index in [0.717, 1.165) is 12.0 Å². The second-order valence-electron chi connectivity index (χ2n) is 4.96. The molecule has 0 saturated heterocycles. The molecule has 0 radical (unpaired) electrons. The summed E-state index contributed by atoms with van der Waals surface area (Å²) in [5, 5.41) is 10.3. The van der Waals surface area contributed by atoms with E-state index in [1.54, 1.807) is 18.2 Å². The topological polar surface area (TPSA) is 42.2 Å². The molecule has 1 heterocycles. The fourth-order valence-corrected chi connectivity index (χ4v) is 2.60. The molecular formula is C17H15NO2. The van der Waals surface area contributed by atoms with Crippen LogP contribution < -0.4 is 0 Å². The third-order valence-electron chi connectivity index (χ3n) is 3.55. The minimum Gasteiger partial charge on any atom is -0.478 e. The average molecular weight is 265 g/mol. The van der Waals surface area contributed by atoms with Gasteiger partial charge < -0.3 is 9.67 Å². The van der Waals surface area contributed by atoms with Crippen LogP contribution in [0.3, 0.4) is 0 Å². The quantitative estimate of drug-likeness (QED) is 0.788. The fourth-order valence-electron chi connectivity index (χ4n) is 2.60. The fraction of sp³-hybridized carbons (Fsp3) is 0.118. The molecule has 1 N–H and O–H groups in total. The standard InChI is InChI=1S/C17H15NO2/c1-18-11-14(15-7-2-3-8-16(15)18)10-12-5-4-6-13(9-12)17(19)20/h2-9,11H,10H2,1H3,(H,19,20). The van der Waals surface area contributed by atoms with Gasteiger partial charge in [0.15, 0.2) is 0 Å². The summed E-state index contributed by atoms with van der Waals surface area (Å²) in [4.78, 5) is 11.0. The number of carboxylic acids is 1. The van der Waals surface area contributed by atoms with Gasteiger partial charge in [-0.2, -0.15) is 0 Å². The van der Waals surface area contributed by atoms with Crippen molar-refractivity contribution in [1.29, 1.82) is 0 Å². The van der Waals surface area contributed by atoms with Crippen LogP contribution in [0, 0.1) is 0 Å². The largest absolute Gasteiger partial charge is 0.478 e. The first-order valence-electron chi connectivity index (χ1n) is 6.50. The highest BCUT2D eigenvalue weighted by Crippen LogP contribution is 2.23. The Morgan fingerprint density at radius 2 is 1.95 bits per heavy atom. The second kappa shape index (κ2) is 4.85. The molecule has 0 unspecified atom stereocenters. The van der Waals surface area contributed by atoms with Crippen LogP contribution in [-0.2, 0) is 13.5 Å². The Bertz CT molecular complexity index is 787. The summed E-state index contributed by atoms with van der Waals surface area (Å²) < 4.78 is 2.10. The van der Waals surface area contributed by atoms with E-state index >= 15 is 0 Å². The number of carboxylic acid groups (broad SMARTS) is 1. The van der Waals surface area contributed by atoms with Gasteiger partial charge in [0.25, 0.3) is 0 Å². The summed E-state index contributed by atoms with van der Waals surface area (Å²) in [6, 6.07) is 15.4. The van der Waals surface area contributed by atoms with Crippen LogP contribution in [-0.4, -0.2) is 15.6 Å². The number of hydrogen-bond donors (Lipinski definition) is 1. The van der Waals surface area contributed by atoms with E-state index in [1.807, 2.05) is 25.2 Å². The molecule has 0 aliphatic rings. The lowest BCUT2D eigenvalue weighted by molar-refractivity contribution is 0.0697. The molecule has 0 amide bonds. The maximum atomic E-state index is 11.0. The number of rotatable bonds is 3. The van der Waals surface area contributed by atoms with Gasteiger partial charge in [0.05, 0.1) is 5.56 Å². The highest BCUT2D eigenvalue weighted by atomic mass is 16.4. The van der Waals surface area contributed by atoms with Crippen LogP contribution in [0.5, 0.6) is 0 Å². The van der Waals surface area contributed by atoms with Crippen LogP contribution in [0.2, 0.25) is 0 Å². The van der Waals surface area contributed by atoms with Crippen molar-refractivity contribution in [2.45, 2.75) is 6.42 Å². The number of benzene rings is 2. The van der Waals surface area contributed by atoms with Gasteiger partial charge in [0, 0.05) is 24.1 Å². The third kappa shape index (κ3) is 2.18. The molecule has 3 nitrogen and oxygen atoms in total. The maximum absolute atomic E-state index is 11.0. The number of para-hydroxylation sites is 1. The molecule has 0 bridgehead atoms. The van der Waals surface area contributed by atoms with Crippen molar-refractivity contribution in [2.24, 2.45) is 7.05 Å². The predicted octanol–water partition coefficient (Wildman–Crippen LogP) is 3.47. The van der Waals surface area contributed by atoms with Crippen molar-refractivity contribution < 1.29 is 9.90 Å². The lowest BCUT2D eigenvalue weighted by atomic mass is 10.0. The van der Waals surface area contributed by atoms with Gasteiger partial charge in [0.1, 0.15) is 0 Å². The van der Waals surface area contributed by atoms with E-state index in [-0.39, 0.29) is 0 Å². The van der Waals surface area contributed by atoms with E-state index in [9.17, 15) is 4.79 Å². The third-order valence-corrected chi connectivity index (χ3v) is 3.55. The molecule has 0 aliphatic heterocycles. The first-order chi connectivity index (χ1) is 9.65. The Hall–Kier alpha value is -2.55. The van der Waals surface area contributed by atoms with Crippen LogP contribution in [0.1, 0.15) is 21.5 Å². The monoisotopic (exact) mass is 265 g/mol. The summed E-state index contributed by atoms with van der Waals surface area (Å²) >= 11 is 0. The number of aryl methyl sites for hydroxylation is 1. The lowest BCUT2D eigenvalue weighted by Crippen LogP contribution is -1.97. The summed E-state index contributed by atoms with van der Waals surface area (Å²) in [5.74, 6) is -0.884. The molecule has 20 heavy (non-hydrogen) atoms. The Morgan fingerprint density at radius 1 is 1.15 bits per heavy atom. The maximum Gasteiger partial charge on any atom is 0.335 e. The van der Waals surface area contributed by atoms with Gasteiger partial charge >= 0.3 is 5.97 Å². The molecule has 1 aromatic heterocycles. The van der Waals surface area contributed by atoms with Gasteiger partial charge in [0.2, 0.25) is 0 Å². The van der Waals surface area contributed by atoms with Crippen LogP contribution >= 0.6 is 0 Å². The van der Waals surface area contributed by atoms with E-state index in [4.69, 9.17) is 5.11 Å². The molecule has 2 aromatic carbocycles. The van der Waals surface area contributed by atoms with Crippen LogP contribution in [0.25, 0.3) is 10.9 Å². The Kier molecular flexibility index (Phi) is 3.03. The van der Waals surface area contributed by atoms with E-state index in [1.165, 1.54) is 16.5 Å². The zero-order valence-corrected chi connectivity index (χ0v) is 11.2.